The number of aryl methyl sites for hydroxylation is 1. The molecule has 2 aliphatic rings. The molecule has 4 aromatic rings. The Kier molecular flexibility index (Phi) is 4.99. The number of anilines is 1. The van der Waals surface area contributed by atoms with Crippen LogP contribution in [-0.2, 0) is 7.05 Å². The van der Waals surface area contributed by atoms with Gasteiger partial charge in [0.1, 0.15) is 17.7 Å². The predicted octanol–water partition coefficient (Wildman–Crippen LogP) is 4.07. The van der Waals surface area contributed by atoms with Crippen molar-refractivity contribution in [1.29, 1.82) is 0 Å². The van der Waals surface area contributed by atoms with Gasteiger partial charge >= 0.3 is 0 Å². The number of fused-ring (bicyclic) bond motifs is 3. The van der Waals surface area contributed by atoms with Crippen LogP contribution in [0.3, 0.4) is 0 Å². The quantitative estimate of drug-likeness (QED) is 0.480. The first kappa shape index (κ1) is 21.0. The highest BCUT2D eigenvalue weighted by Crippen LogP contribution is 2.35. The Morgan fingerprint density at radius 1 is 1.06 bits per heavy atom. The Morgan fingerprint density at radius 3 is 2.68 bits per heavy atom. The first-order chi connectivity index (χ1) is 16.5. The molecule has 2 saturated heterocycles. The fourth-order valence-corrected chi connectivity index (χ4v) is 5.43. The summed E-state index contributed by atoms with van der Waals surface area (Å²) in [5.41, 5.74) is 4.15. The van der Waals surface area contributed by atoms with E-state index in [0.717, 1.165) is 41.3 Å². The van der Waals surface area contributed by atoms with Crippen LogP contribution in [-0.4, -0.2) is 56.2 Å². The highest BCUT2D eigenvalue weighted by Gasteiger charge is 2.43. The van der Waals surface area contributed by atoms with Gasteiger partial charge in [0.05, 0.1) is 35.8 Å². The maximum absolute atomic E-state index is 14.9. The highest BCUT2D eigenvalue weighted by atomic mass is 19.1. The van der Waals surface area contributed by atoms with Crippen molar-refractivity contribution in [2.24, 2.45) is 7.05 Å². The molecule has 2 bridgehead atoms. The third-order valence-electron chi connectivity index (χ3n) is 7.40. The van der Waals surface area contributed by atoms with E-state index < -0.39 is 6.17 Å². The first-order valence-corrected chi connectivity index (χ1v) is 11.7. The molecule has 4 heterocycles. The molecule has 0 saturated carbocycles. The average Bonchev–Trinajstić information content (AvgIpc) is 3.44. The van der Waals surface area contributed by atoms with Gasteiger partial charge in [0, 0.05) is 37.1 Å². The SMILES string of the molecule is CN(c1cnc(-c2ccc(-c3ccc4c(cnn4C)c3)cc2O)cn1)[C@@H]1C[C@H]2CC[C@H](N2)[C@@H]1F. The summed E-state index contributed by atoms with van der Waals surface area (Å²) in [4.78, 5) is 11.0. The van der Waals surface area contributed by atoms with Gasteiger partial charge in [-0.15, -0.1) is 0 Å². The van der Waals surface area contributed by atoms with Crippen molar-refractivity contribution >= 4 is 16.7 Å². The smallest absolute Gasteiger partial charge is 0.147 e. The number of phenols is 1. The van der Waals surface area contributed by atoms with E-state index >= 15 is 0 Å². The summed E-state index contributed by atoms with van der Waals surface area (Å²) < 4.78 is 16.8. The molecule has 2 aromatic heterocycles. The molecule has 0 aliphatic carbocycles. The topological polar surface area (TPSA) is 79.1 Å². The monoisotopic (exact) mass is 458 g/mol. The zero-order valence-electron chi connectivity index (χ0n) is 19.2. The minimum absolute atomic E-state index is 0.0623. The number of phenolic OH excluding ortho intramolecular Hbond substituents is 1. The number of halogens is 1. The van der Waals surface area contributed by atoms with Crippen LogP contribution in [0, 0.1) is 0 Å². The average molecular weight is 459 g/mol. The molecule has 174 valence electrons. The molecule has 2 aliphatic heterocycles. The minimum atomic E-state index is -0.923. The number of nitrogens with zero attached hydrogens (tertiary/aromatic N) is 5. The third kappa shape index (κ3) is 3.49. The van der Waals surface area contributed by atoms with Crippen molar-refractivity contribution in [3.8, 4) is 28.1 Å². The molecule has 0 unspecified atom stereocenters. The zero-order chi connectivity index (χ0) is 23.4. The van der Waals surface area contributed by atoms with Crippen LogP contribution in [0.1, 0.15) is 19.3 Å². The highest BCUT2D eigenvalue weighted by molar-refractivity contribution is 5.85. The fourth-order valence-electron chi connectivity index (χ4n) is 5.43. The number of aromatic nitrogens is 4. The lowest BCUT2D eigenvalue weighted by molar-refractivity contribution is 0.176. The van der Waals surface area contributed by atoms with E-state index in [1.807, 2.05) is 54.1 Å². The van der Waals surface area contributed by atoms with E-state index in [1.165, 1.54) is 0 Å². The van der Waals surface area contributed by atoms with Crippen LogP contribution >= 0.6 is 0 Å². The lowest BCUT2D eigenvalue weighted by Gasteiger charge is -2.38. The molecule has 2 N–H and O–H groups in total. The summed E-state index contributed by atoms with van der Waals surface area (Å²) in [6, 6.07) is 11.8. The van der Waals surface area contributed by atoms with Gasteiger partial charge in [-0.2, -0.15) is 5.10 Å². The van der Waals surface area contributed by atoms with Crippen molar-refractivity contribution in [3.63, 3.8) is 0 Å². The van der Waals surface area contributed by atoms with E-state index in [4.69, 9.17) is 0 Å². The molecule has 34 heavy (non-hydrogen) atoms. The third-order valence-corrected chi connectivity index (χ3v) is 7.40. The summed E-state index contributed by atoms with van der Waals surface area (Å²) in [7, 11) is 3.80. The number of alkyl halides is 1. The Morgan fingerprint density at radius 2 is 1.88 bits per heavy atom. The number of hydrogen-bond donors (Lipinski definition) is 2. The summed E-state index contributed by atoms with van der Waals surface area (Å²) >= 11 is 0. The zero-order valence-corrected chi connectivity index (χ0v) is 19.2. The molecular formula is C26H27FN6O. The summed E-state index contributed by atoms with van der Waals surface area (Å²) in [6.45, 7) is 0. The maximum atomic E-state index is 14.9. The maximum Gasteiger partial charge on any atom is 0.147 e. The summed E-state index contributed by atoms with van der Waals surface area (Å²) in [5, 5.41) is 19.5. The largest absolute Gasteiger partial charge is 0.507 e. The molecule has 0 spiro atoms. The van der Waals surface area contributed by atoms with Crippen molar-refractivity contribution in [2.75, 3.05) is 11.9 Å². The second-order valence-electron chi connectivity index (χ2n) is 9.44. The van der Waals surface area contributed by atoms with Gasteiger partial charge in [-0.1, -0.05) is 12.1 Å². The number of hydrogen-bond acceptors (Lipinski definition) is 6. The second kappa shape index (κ2) is 8.06. The standard InChI is InChI=1S/C26H27FN6O/c1-32(23-11-18-5-7-20(31-18)26(23)27)25-14-28-21(13-29-25)19-6-3-16(10-24(19)34)15-4-8-22-17(9-15)12-30-33(22)2/h3-4,6,8-10,12-14,18,20,23,26,31,34H,5,7,11H2,1-2H3/t18-,20+,23-,26+/m1/s1. The van der Waals surface area contributed by atoms with Crippen LogP contribution in [0.4, 0.5) is 10.2 Å². The second-order valence-corrected chi connectivity index (χ2v) is 9.44. The number of piperidine rings is 1. The van der Waals surface area contributed by atoms with Gasteiger partial charge in [0.15, 0.2) is 0 Å². The van der Waals surface area contributed by atoms with Gasteiger partial charge in [-0.3, -0.25) is 9.67 Å². The number of nitrogens with one attached hydrogen (secondary N) is 1. The first-order valence-electron chi connectivity index (χ1n) is 11.7. The van der Waals surface area contributed by atoms with Crippen LogP contribution in [0.25, 0.3) is 33.3 Å². The minimum Gasteiger partial charge on any atom is -0.507 e. The lowest BCUT2D eigenvalue weighted by atomic mass is 9.96. The predicted molar refractivity (Wildman–Crippen MR) is 130 cm³/mol. The molecular weight excluding hydrogens is 431 g/mol. The van der Waals surface area contributed by atoms with Crippen LogP contribution in [0.15, 0.2) is 55.0 Å². The van der Waals surface area contributed by atoms with E-state index in [9.17, 15) is 9.50 Å². The van der Waals surface area contributed by atoms with Crippen molar-refractivity contribution < 1.29 is 9.50 Å². The Balaban J connectivity index is 1.23. The fraction of sp³-hybridized carbons (Fsp3) is 0.346. The van der Waals surface area contributed by atoms with E-state index in [1.54, 1.807) is 18.5 Å². The van der Waals surface area contributed by atoms with Gasteiger partial charge < -0.3 is 15.3 Å². The van der Waals surface area contributed by atoms with Gasteiger partial charge in [0.2, 0.25) is 0 Å². The van der Waals surface area contributed by atoms with Gasteiger partial charge in [-0.25, -0.2) is 9.37 Å². The molecule has 6 rings (SSSR count). The molecule has 4 atom stereocenters. The molecule has 0 radical (unpaired) electrons. The number of aromatic hydroxyl groups is 1. The van der Waals surface area contributed by atoms with Crippen molar-refractivity contribution in [3.05, 3.63) is 55.0 Å². The summed E-state index contributed by atoms with van der Waals surface area (Å²) in [5.74, 6) is 0.775. The Labute approximate surface area is 197 Å². The molecule has 2 aromatic carbocycles. The van der Waals surface area contributed by atoms with Crippen LogP contribution in [0.2, 0.25) is 0 Å². The van der Waals surface area contributed by atoms with Crippen LogP contribution < -0.4 is 10.2 Å². The van der Waals surface area contributed by atoms with Gasteiger partial charge in [0.25, 0.3) is 0 Å². The van der Waals surface area contributed by atoms with Crippen molar-refractivity contribution in [2.45, 2.75) is 43.6 Å². The number of benzene rings is 2. The number of rotatable bonds is 4. The van der Waals surface area contributed by atoms with Gasteiger partial charge in [-0.05, 0) is 54.7 Å². The normalized spacial score (nSPS) is 24.0. The molecule has 2 fully saturated rings. The lowest BCUT2D eigenvalue weighted by Crippen LogP contribution is -2.55. The van der Waals surface area contributed by atoms with E-state index in [2.05, 4.69) is 26.4 Å². The summed E-state index contributed by atoms with van der Waals surface area (Å²) in [6.07, 6.45) is 6.91. The Hall–Kier alpha value is -3.52. The van der Waals surface area contributed by atoms with Crippen molar-refractivity contribution in [1.82, 2.24) is 25.1 Å². The van der Waals surface area contributed by atoms with Crippen LogP contribution in [0.5, 0.6) is 5.75 Å². The molecule has 0 amide bonds. The Bertz CT molecular complexity index is 1350. The molecule has 8 heteroatoms. The van der Waals surface area contributed by atoms with E-state index in [-0.39, 0.29) is 17.8 Å². The molecule has 7 nitrogen and oxygen atoms in total. The van der Waals surface area contributed by atoms with E-state index in [0.29, 0.717) is 23.1 Å².